The number of fused-ring (bicyclic) bond motifs is 2. The average molecular weight is 583 g/mol. The zero-order chi connectivity index (χ0) is 28.8. The van der Waals surface area contributed by atoms with Gasteiger partial charge in [0.25, 0.3) is 0 Å². The molecule has 0 aliphatic carbocycles. The molecule has 2 N–H and O–H groups in total. The van der Waals surface area contributed by atoms with Crippen molar-refractivity contribution in [2.24, 2.45) is 0 Å². The van der Waals surface area contributed by atoms with Gasteiger partial charge in [0.15, 0.2) is 10.9 Å². The molecule has 41 heavy (non-hydrogen) atoms. The summed E-state index contributed by atoms with van der Waals surface area (Å²) < 4.78 is 3.99. The van der Waals surface area contributed by atoms with Crippen molar-refractivity contribution in [2.45, 2.75) is 46.1 Å². The van der Waals surface area contributed by atoms with E-state index in [1.165, 1.54) is 0 Å². The van der Waals surface area contributed by atoms with Crippen molar-refractivity contribution in [3.05, 3.63) is 115 Å². The number of pyridine rings is 2. The Morgan fingerprint density at radius 2 is 1.20 bits per heavy atom. The van der Waals surface area contributed by atoms with Crippen LogP contribution in [-0.2, 0) is 11.5 Å². The summed E-state index contributed by atoms with van der Waals surface area (Å²) in [6.07, 6.45) is 3.72. The number of aromatic amines is 2. The minimum absolute atomic E-state index is 0.0429. The van der Waals surface area contributed by atoms with Crippen LogP contribution in [0, 0.1) is 34.6 Å². The molecule has 0 saturated heterocycles. The largest absolute Gasteiger partial charge is 0.323 e. The van der Waals surface area contributed by atoms with Crippen molar-refractivity contribution in [2.75, 3.05) is 0 Å². The van der Waals surface area contributed by atoms with Crippen LogP contribution in [-0.4, -0.2) is 29.1 Å². The molecule has 0 aliphatic heterocycles. The molecule has 0 aliphatic rings. The van der Waals surface area contributed by atoms with Crippen molar-refractivity contribution in [1.29, 1.82) is 0 Å². The Hall–Kier alpha value is -4.02. The van der Waals surface area contributed by atoms with Gasteiger partial charge in [-0.1, -0.05) is 39.8 Å². The Bertz CT molecular complexity index is 2030. The predicted octanol–water partition coefficient (Wildman–Crippen LogP) is 6.36. The van der Waals surface area contributed by atoms with E-state index < -0.39 is 0 Å². The van der Waals surface area contributed by atoms with Gasteiger partial charge in [0, 0.05) is 57.5 Å². The Morgan fingerprint density at radius 3 is 1.76 bits per heavy atom. The number of benzene rings is 2. The van der Waals surface area contributed by atoms with E-state index in [-0.39, 0.29) is 10.9 Å². The molecule has 0 bridgehead atoms. The molecular weight excluding hydrogens is 553 g/mol. The number of aryl methyl sites for hydroxylation is 3. The second-order valence-electron chi connectivity index (χ2n) is 10.3. The quantitative estimate of drug-likeness (QED) is 0.168. The summed E-state index contributed by atoms with van der Waals surface area (Å²) in [5.74, 6) is 2.54. The van der Waals surface area contributed by atoms with Crippen LogP contribution >= 0.6 is 21.6 Å². The van der Waals surface area contributed by atoms with Crippen LogP contribution in [0.3, 0.4) is 0 Å². The SMILES string of the molecule is Cc1ccc2nc(-n3cc(C)c(=O)c(C)c3CSSCc3c(C)c(=O)c(C)cn3-c3nc4ccccc4[nH]3)[nH]c2c1. The lowest BCUT2D eigenvalue weighted by atomic mass is 10.1. The maximum absolute atomic E-state index is 12.9. The number of aromatic nitrogens is 6. The van der Waals surface area contributed by atoms with Crippen molar-refractivity contribution in [1.82, 2.24) is 29.1 Å². The Labute approximate surface area is 244 Å². The summed E-state index contributed by atoms with van der Waals surface area (Å²) in [6, 6.07) is 14.0. The van der Waals surface area contributed by atoms with Gasteiger partial charge in [-0.3, -0.25) is 18.7 Å². The molecule has 208 valence electrons. The Kier molecular flexibility index (Phi) is 7.13. The van der Waals surface area contributed by atoms with Gasteiger partial charge in [0.05, 0.1) is 22.1 Å². The van der Waals surface area contributed by atoms with E-state index in [0.717, 1.165) is 39.0 Å². The van der Waals surface area contributed by atoms with Crippen LogP contribution in [0.5, 0.6) is 0 Å². The molecule has 0 unspecified atom stereocenters. The van der Waals surface area contributed by atoms with Gasteiger partial charge >= 0.3 is 0 Å². The first kappa shape index (κ1) is 27.2. The fraction of sp³-hybridized carbons (Fsp3) is 0.226. The van der Waals surface area contributed by atoms with E-state index in [1.54, 1.807) is 21.6 Å². The summed E-state index contributed by atoms with van der Waals surface area (Å²) in [7, 11) is 3.29. The fourth-order valence-corrected chi connectivity index (χ4v) is 7.35. The van der Waals surface area contributed by atoms with Gasteiger partial charge < -0.3 is 9.97 Å². The van der Waals surface area contributed by atoms with Crippen LogP contribution in [0.2, 0.25) is 0 Å². The maximum Gasteiger partial charge on any atom is 0.212 e. The lowest BCUT2D eigenvalue weighted by Crippen LogP contribution is -2.19. The van der Waals surface area contributed by atoms with E-state index in [1.807, 2.05) is 85.6 Å². The third-order valence-corrected chi connectivity index (χ3v) is 9.58. The molecule has 4 heterocycles. The molecule has 0 fully saturated rings. The number of nitrogens with one attached hydrogen (secondary N) is 2. The molecular formula is C31H30N6O2S2. The summed E-state index contributed by atoms with van der Waals surface area (Å²) >= 11 is 0. The van der Waals surface area contributed by atoms with Crippen LogP contribution in [0.1, 0.15) is 39.2 Å². The Balaban J connectivity index is 1.30. The normalized spacial score (nSPS) is 11.6. The molecule has 10 heteroatoms. The maximum atomic E-state index is 12.9. The zero-order valence-corrected chi connectivity index (χ0v) is 25.2. The number of H-pyrrole nitrogens is 2. The number of hydrogen-bond donors (Lipinski definition) is 2. The summed E-state index contributed by atoms with van der Waals surface area (Å²) in [5.41, 5.74) is 9.44. The second-order valence-corrected chi connectivity index (χ2v) is 12.8. The number of imidazole rings is 2. The number of para-hydroxylation sites is 2. The fourth-order valence-electron chi connectivity index (χ4n) is 5.08. The highest BCUT2D eigenvalue weighted by molar-refractivity contribution is 8.76. The van der Waals surface area contributed by atoms with Crippen molar-refractivity contribution >= 4 is 43.7 Å². The molecule has 2 aromatic carbocycles. The smallest absolute Gasteiger partial charge is 0.212 e. The van der Waals surface area contributed by atoms with E-state index >= 15 is 0 Å². The topological polar surface area (TPSA) is 101 Å². The van der Waals surface area contributed by atoms with Gasteiger partial charge in [0.2, 0.25) is 11.9 Å². The molecule has 6 rings (SSSR count). The minimum Gasteiger partial charge on any atom is -0.323 e. The highest BCUT2D eigenvalue weighted by atomic mass is 33.1. The van der Waals surface area contributed by atoms with Gasteiger partial charge in [-0.2, -0.15) is 0 Å². The van der Waals surface area contributed by atoms with Crippen LogP contribution in [0.4, 0.5) is 0 Å². The third-order valence-electron chi connectivity index (χ3n) is 7.42. The highest BCUT2D eigenvalue weighted by Crippen LogP contribution is 2.32. The molecule has 6 aromatic rings. The summed E-state index contributed by atoms with van der Waals surface area (Å²) in [5, 5.41) is 0. The summed E-state index contributed by atoms with van der Waals surface area (Å²) in [6.45, 7) is 9.47. The van der Waals surface area contributed by atoms with Gasteiger partial charge in [0.1, 0.15) is 0 Å². The van der Waals surface area contributed by atoms with Gasteiger partial charge in [-0.25, -0.2) is 9.97 Å². The minimum atomic E-state index is 0.0429. The zero-order valence-electron chi connectivity index (χ0n) is 23.5. The monoisotopic (exact) mass is 582 g/mol. The molecule has 0 spiro atoms. The van der Waals surface area contributed by atoms with Crippen molar-refractivity contribution in [3.63, 3.8) is 0 Å². The van der Waals surface area contributed by atoms with E-state index in [0.29, 0.717) is 45.7 Å². The lowest BCUT2D eigenvalue weighted by Gasteiger charge is -2.16. The molecule has 0 saturated carbocycles. The van der Waals surface area contributed by atoms with Crippen molar-refractivity contribution in [3.8, 4) is 11.9 Å². The lowest BCUT2D eigenvalue weighted by molar-refractivity contribution is 0.876. The second kappa shape index (κ2) is 10.8. The first-order valence-corrected chi connectivity index (χ1v) is 15.8. The number of rotatable bonds is 7. The van der Waals surface area contributed by atoms with Gasteiger partial charge in [-0.05, 0) is 64.4 Å². The number of hydrogen-bond acceptors (Lipinski definition) is 6. The summed E-state index contributed by atoms with van der Waals surface area (Å²) in [4.78, 5) is 42.2. The third kappa shape index (κ3) is 5.02. The molecule has 4 aromatic heterocycles. The standard InChI is InChI=1S/C31H30N6O2S2/c1-17-10-11-24-25(12-17)35-31(34-24)37-14-19(3)29(39)21(5)27(37)16-41-40-15-26-20(4)28(38)18(2)13-36(26)30-32-22-8-6-7-9-23(22)33-30/h6-14H,15-16H2,1-5H3,(H,32,33)(H,34,35). The average Bonchev–Trinajstić information content (AvgIpc) is 3.58. The van der Waals surface area contributed by atoms with Crippen LogP contribution < -0.4 is 10.9 Å². The molecule has 8 nitrogen and oxygen atoms in total. The molecule has 0 amide bonds. The first-order chi connectivity index (χ1) is 19.7. The first-order valence-electron chi connectivity index (χ1n) is 13.3. The van der Waals surface area contributed by atoms with Crippen molar-refractivity contribution < 1.29 is 0 Å². The number of nitrogens with zero attached hydrogens (tertiary/aromatic N) is 4. The van der Waals surface area contributed by atoms with Gasteiger partial charge in [-0.15, -0.1) is 0 Å². The predicted molar refractivity (Wildman–Crippen MR) is 170 cm³/mol. The van der Waals surface area contributed by atoms with Crippen LogP contribution in [0.15, 0.2) is 64.4 Å². The van der Waals surface area contributed by atoms with E-state index in [4.69, 9.17) is 9.97 Å². The Morgan fingerprint density at radius 1 is 0.683 bits per heavy atom. The molecule has 0 atom stereocenters. The molecule has 0 radical (unpaired) electrons. The highest BCUT2D eigenvalue weighted by Gasteiger charge is 2.17. The van der Waals surface area contributed by atoms with E-state index in [9.17, 15) is 9.59 Å². The van der Waals surface area contributed by atoms with Crippen LogP contribution in [0.25, 0.3) is 34.0 Å². The van der Waals surface area contributed by atoms with E-state index in [2.05, 4.69) is 23.0 Å².